The van der Waals surface area contributed by atoms with Crippen LogP contribution in [-0.4, -0.2) is 18.6 Å². The predicted octanol–water partition coefficient (Wildman–Crippen LogP) is 1.64. The quantitative estimate of drug-likeness (QED) is 0.776. The molecule has 1 aromatic heterocycles. The number of hydrogen-bond acceptors (Lipinski definition) is 3. The molecule has 0 aliphatic carbocycles. The first kappa shape index (κ1) is 10.2. The van der Waals surface area contributed by atoms with Crippen LogP contribution >= 0.6 is 0 Å². The molecule has 1 heterocycles. The van der Waals surface area contributed by atoms with E-state index in [2.05, 4.69) is 10.3 Å². The summed E-state index contributed by atoms with van der Waals surface area (Å²) in [6.45, 7) is 3.69. The Morgan fingerprint density at radius 2 is 2.31 bits per heavy atom. The molecule has 0 unspecified atom stereocenters. The van der Waals surface area contributed by atoms with Gasteiger partial charge in [0.2, 0.25) is 0 Å². The van der Waals surface area contributed by atoms with Crippen LogP contribution in [0.2, 0.25) is 0 Å². The van der Waals surface area contributed by atoms with E-state index in [-0.39, 0.29) is 0 Å². The fraction of sp³-hybridized carbons (Fsp3) is 0.667. The molecule has 0 radical (unpaired) electrons. The molecule has 0 spiro atoms. The molecule has 13 heavy (non-hydrogen) atoms. The van der Waals surface area contributed by atoms with Gasteiger partial charge in [0.05, 0.1) is 6.20 Å². The van der Waals surface area contributed by atoms with Crippen molar-refractivity contribution in [2.75, 3.05) is 13.6 Å². The van der Waals surface area contributed by atoms with E-state index < -0.39 is 5.67 Å². The maximum atomic E-state index is 13.3. The van der Waals surface area contributed by atoms with Crippen LogP contribution in [0, 0.1) is 0 Å². The van der Waals surface area contributed by atoms with E-state index >= 15 is 0 Å². The lowest BCUT2D eigenvalue weighted by atomic mass is 10.1. The van der Waals surface area contributed by atoms with Crippen LogP contribution < -0.4 is 5.32 Å². The summed E-state index contributed by atoms with van der Waals surface area (Å²) in [5, 5.41) is 2.97. The van der Waals surface area contributed by atoms with E-state index in [1.165, 1.54) is 20.0 Å². The molecule has 0 amide bonds. The summed E-state index contributed by atoms with van der Waals surface area (Å²) < 4.78 is 18.5. The number of aromatic nitrogens is 1. The van der Waals surface area contributed by atoms with Gasteiger partial charge in [0.1, 0.15) is 0 Å². The average molecular weight is 186 g/mol. The van der Waals surface area contributed by atoms with Crippen molar-refractivity contribution in [2.24, 2.45) is 0 Å². The van der Waals surface area contributed by atoms with Crippen LogP contribution in [0.1, 0.15) is 25.5 Å². The molecule has 0 fully saturated rings. The Balaban J connectivity index is 2.64. The SMILES string of the molecule is CNCCc1ncc(C(C)(C)F)o1. The minimum absolute atomic E-state index is 0.290. The zero-order chi connectivity index (χ0) is 9.90. The van der Waals surface area contributed by atoms with Gasteiger partial charge in [-0.1, -0.05) is 0 Å². The van der Waals surface area contributed by atoms with Gasteiger partial charge in [-0.15, -0.1) is 0 Å². The van der Waals surface area contributed by atoms with Crippen molar-refractivity contribution in [1.82, 2.24) is 10.3 Å². The van der Waals surface area contributed by atoms with Gasteiger partial charge in [0.15, 0.2) is 17.3 Å². The van der Waals surface area contributed by atoms with Crippen molar-refractivity contribution >= 4 is 0 Å². The van der Waals surface area contributed by atoms with Gasteiger partial charge in [-0.05, 0) is 20.9 Å². The van der Waals surface area contributed by atoms with Crippen LogP contribution in [0.5, 0.6) is 0 Å². The van der Waals surface area contributed by atoms with E-state index in [0.717, 1.165) is 6.54 Å². The Labute approximate surface area is 77.4 Å². The number of hydrogen-bond donors (Lipinski definition) is 1. The monoisotopic (exact) mass is 186 g/mol. The van der Waals surface area contributed by atoms with Gasteiger partial charge < -0.3 is 9.73 Å². The lowest BCUT2D eigenvalue weighted by Gasteiger charge is -2.08. The third-order valence-corrected chi connectivity index (χ3v) is 1.73. The number of likely N-dealkylation sites (N-methyl/N-ethyl adjacent to an activating group) is 1. The predicted molar refractivity (Wildman–Crippen MR) is 48.3 cm³/mol. The summed E-state index contributed by atoms with van der Waals surface area (Å²) in [6, 6.07) is 0. The normalized spacial score (nSPS) is 12.0. The highest BCUT2D eigenvalue weighted by Crippen LogP contribution is 2.24. The topological polar surface area (TPSA) is 38.1 Å². The molecule has 0 saturated heterocycles. The van der Waals surface area contributed by atoms with E-state index in [9.17, 15) is 4.39 Å². The number of alkyl halides is 1. The van der Waals surface area contributed by atoms with E-state index in [0.29, 0.717) is 18.1 Å². The van der Waals surface area contributed by atoms with Crippen LogP contribution in [0.25, 0.3) is 0 Å². The van der Waals surface area contributed by atoms with E-state index in [1.807, 2.05) is 7.05 Å². The van der Waals surface area contributed by atoms with Gasteiger partial charge in [-0.3, -0.25) is 0 Å². The molecule has 1 N–H and O–H groups in total. The molecule has 0 atom stereocenters. The molecule has 74 valence electrons. The van der Waals surface area contributed by atoms with Gasteiger partial charge in [-0.25, -0.2) is 9.37 Å². The average Bonchev–Trinajstić information content (AvgIpc) is 2.47. The van der Waals surface area contributed by atoms with Crippen molar-refractivity contribution in [2.45, 2.75) is 25.9 Å². The molecule has 0 aromatic carbocycles. The summed E-state index contributed by atoms with van der Waals surface area (Å²) in [5.41, 5.74) is -1.44. The Kier molecular flexibility index (Phi) is 3.03. The number of nitrogens with zero attached hydrogens (tertiary/aromatic N) is 1. The number of halogens is 1. The standard InChI is InChI=1S/C9H15FN2O/c1-9(2,10)7-6-12-8(13-7)4-5-11-3/h6,11H,4-5H2,1-3H3. The zero-order valence-corrected chi connectivity index (χ0v) is 8.22. The summed E-state index contributed by atoms with van der Waals surface area (Å²) in [7, 11) is 1.85. The molecule has 0 aliphatic rings. The Morgan fingerprint density at radius 3 is 2.77 bits per heavy atom. The van der Waals surface area contributed by atoms with Gasteiger partial charge in [0, 0.05) is 13.0 Å². The summed E-state index contributed by atoms with van der Waals surface area (Å²) in [4.78, 5) is 3.97. The molecule has 1 rings (SSSR count). The number of rotatable bonds is 4. The highest BCUT2D eigenvalue weighted by molar-refractivity contribution is 5.03. The van der Waals surface area contributed by atoms with Crippen molar-refractivity contribution in [1.29, 1.82) is 0 Å². The fourth-order valence-electron chi connectivity index (χ4n) is 0.933. The lowest BCUT2D eigenvalue weighted by molar-refractivity contribution is 0.175. The van der Waals surface area contributed by atoms with E-state index in [4.69, 9.17) is 4.42 Å². The second-order valence-electron chi connectivity index (χ2n) is 3.44. The fourth-order valence-corrected chi connectivity index (χ4v) is 0.933. The number of oxazole rings is 1. The largest absolute Gasteiger partial charge is 0.442 e. The van der Waals surface area contributed by atoms with Crippen molar-refractivity contribution < 1.29 is 8.81 Å². The van der Waals surface area contributed by atoms with Crippen LogP contribution in [-0.2, 0) is 12.1 Å². The maximum Gasteiger partial charge on any atom is 0.195 e. The van der Waals surface area contributed by atoms with Crippen LogP contribution in [0.4, 0.5) is 4.39 Å². The molecular formula is C9H15FN2O. The molecule has 0 bridgehead atoms. The van der Waals surface area contributed by atoms with Gasteiger partial charge in [-0.2, -0.15) is 0 Å². The lowest BCUT2D eigenvalue weighted by Crippen LogP contribution is -2.10. The van der Waals surface area contributed by atoms with Crippen LogP contribution in [0.15, 0.2) is 10.6 Å². The van der Waals surface area contributed by atoms with E-state index in [1.54, 1.807) is 0 Å². The first-order valence-electron chi connectivity index (χ1n) is 4.32. The third-order valence-electron chi connectivity index (χ3n) is 1.73. The highest BCUT2D eigenvalue weighted by Gasteiger charge is 2.23. The third kappa shape index (κ3) is 2.81. The smallest absolute Gasteiger partial charge is 0.195 e. The Hall–Kier alpha value is -0.900. The molecule has 0 saturated carbocycles. The Bertz CT molecular complexity index is 265. The van der Waals surface area contributed by atoms with Crippen molar-refractivity contribution in [3.05, 3.63) is 17.8 Å². The molecule has 1 aromatic rings. The van der Waals surface area contributed by atoms with Gasteiger partial charge in [0.25, 0.3) is 0 Å². The first-order chi connectivity index (χ1) is 6.04. The van der Waals surface area contributed by atoms with Crippen molar-refractivity contribution in [3.8, 4) is 0 Å². The summed E-state index contributed by atoms with van der Waals surface area (Å²) in [5.74, 6) is 0.869. The maximum absolute atomic E-state index is 13.3. The number of nitrogens with one attached hydrogen (secondary N) is 1. The summed E-state index contributed by atoms with van der Waals surface area (Å²) >= 11 is 0. The molecule has 4 heteroatoms. The molecule has 3 nitrogen and oxygen atoms in total. The second-order valence-corrected chi connectivity index (χ2v) is 3.44. The molecule has 0 aliphatic heterocycles. The van der Waals surface area contributed by atoms with Crippen LogP contribution in [0.3, 0.4) is 0 Å². The van der Waals surface area contributed by atoms with Crippen molar-refractivity contribution in [3.63, 3.8) is 0 Å². The second kappa shape index (κ2) is 3.87. The highest BCUT2D eigenvalue weighted by atomic mass is 19.1. The molecular weight excluding hydrogens is 171 g/mol. The summed E-state index contributed by atoms with van der Waals surface area (Å²) in [6.07, 6.45) is 2.14. The Morgan fingerprint density at radius 1 is 1.62 bits per heavy atom. The minimum atomic E-state index is -1.44. The zero-order valence-electron chi connectivity index (χ0n) is 8.22. The minimum Gasteiger partial charge on any atom is -0.442 e. The van der Waals surface area contributed by atoms with Gasteiger partial charge >= 0.3 is 0 Å². The first-order valence-corrected chi connectivity index (χ1v) is 4.32.